The topological polar surface area (TPSA) is 40.5 Å². The Morgan fingerprint density at radius 2 is 2.16 bits per heavy atom. The van der Waals surface area contributed by atoms with Gasteiger partial charge in [0.05, 0.1) is 0 Å². The van der Waals surface area contributed by atoms with Crippen LogP contribution in [0.1, 0.15) is 45.6 Å². The van der Waals surface area contributed by atoms with Gasteiger partial charge in [0, 0.05) is 16.2 Å². The lowest BCUT2D eigenvalue weighted by Crippen LogP contribution is -2.55. The maximum Gasteiger partial charge on any atom is 0.326 e. The molecule has 2 atom stereocenters. The van der Waals surface area contributed by atoms with Gasteiger partial charge in [-0.3, -0.25) is 0 Å². The molecule has 0 aliphatic carbocycles. The lowest BCUT2D eigenvalue weighted by atomic mass is 9.79. The first kappa shape index (κ1) is 14.2. The molecule has 104 valence electrons. The average molecular weight is 282 g/mol. The number of aliphatic carboxylic acids is 1. The zero-order valence-corrected chi connectivity index (χ0v) is 12.5. The van der Waals surface area contributed by atoms with Crippen LogP contribution in [-0.2, 0) is 4.79 Å². The van der Waals surface area contributed by atoms with Crippen molar-refractivity contribution >= 4 is 23.3 Å². The molecule has 3 nitrogen and oxygen atoms in total. The quantitative estimate of drug-likeness (QED) is 0.894. The lowest BCUT2D eigenvalue weighted by Gasteiger charge is -2.49. The van der Waals surface area contributed by atoms with E-state index in [2.05, 4.69) is 20.8 Å². The number of carboxylic acid groups (broad SMARTS) is 1. The molecule has 0 unspecified atom stereocenters. The van der Waals surface area contributed by atoms with E-state index in [0.717, 1.165) is 12.1 Å². The summed E-state index contributed by atoms with van der Waals surface area (Å²) in [5.41, 5.74) is 1.93. The van der Waals surface area contributed by atoms with Crippen molar-refractivity contribution in [1.82, 2.24) is 0 Å². The number of rotatable bonds is 2. The third kappa shape index (κ3) is 2.44. The van der Waals surface area contributed by atoms with E-state index in [-0.39, 0.29) is 5.54 Å². The Morgan fingerprint density at radius 3 is 2.74 bits per heavy atom. The monoisotopic (exact) mass is 281 g/mol. The first-order valence-electron chi connectivity index (χ1n) is 6.55. The molecule has 4 heteroatoms. The third-order valence-electron chi connectivity index (χ3n) is 3.99. The molecule has 1 aliphatic heterocycles. The molecule has 0 saturated heterocycles. The summed E-state index contributed by atoms with van der Waals surface area (Å²) in [6.45, 7) is 8.08. The van der Waals surface area contributed by atoms with Gasteiger partial charge in [0.25, 0.3) is 0 Å². The summed E-state index contributed by atoms with van der Waals surface area (Å²) in [4.78, 5) is 13.4. The minimum atomic E-state index is -0.812. The Balaban J connectivity index is 2.60. The first-order valence-corrected chi connectivity index (χ1v) is 6.93. The fraction of sp³-hybridized carbons (Fsp3) is 0.533. The van der Waals surface area contributed by atoms with Crippen LogP contribution in [0.15, 0.2) is 18.2 Å². The van der Waals surface area contributed by atoms with Gasteiger partial charge in [-0.25, -0.2) is 4.79 Å². The van der Waals surface area contributed by atoms with Crippen molar-refractivity contribution in [1.29, 1.82) is 0 Å². The normalized spacial score (nSPS) is 22.8. The van der Waals surface area contributed by atoms with Crippen LogP contribution in [0.3, 0.4) is 0 Å². The van der Waals surface area contributed by atoms with Crippen LogP contribution >= 0.6 is 11.6 Å². The number of benzene rings is 1. The van der Waals surface area contributed by atoms with E-state index in [1.54, 1.807) is 6.92 Å². The van der Waals surface area contributed by atoms with Gasteiger partial charge in [0.1, 0.15) is 6.04 Å². The van der Waals surface area contributed by atoms with Gasteiger partial charge in [0.2, 0.25) is 0 Å². The second-order valence-corrected chi connectivity index (χ2v) is 6.44. The zero-order valence-electron chi connectivity index (χ0n) is 11.8. The highest BCUT2D eigenvalue weighted by molar-refractivity contribution is 6.30. The Bertz CT molecular complexity index is 513. The molecule has 2 rings (SSSR count). The lowest BCUT2D eigenvalue weighted by molar-refractivity contribution is -0.138. The first-order chi connectivity index (χ1) is 8.74. The van der Waals surface area contributed by atoms with Crippen molar-refractivity contribution in [3.63, 3.8) is 0 Å². The molecule has 1 aromatic carbocycles. The highest BCUT2D eigenvalue weighted by Gasteiger charge is 2.40. The predicted molar refractivity (Wildman–Crippen MR) is 78.1 cm³/mol. The molecule has 19 heavy (non-hydrogen) atoms. The van der Waals surface area contributed by atoms with Gasteiger partial charge in [-0.15, -0.1) is 0 Å². The van der Waals surface area contributed by atoms with Crippen molar-refractivity contribution < 1.29 is 9.90 Å². The SMILES string of the molecule is C[C@H]1CC(C)(C)N([C@@H](C)C(=O)O)c2cc(Cl)ccc21. The van der Waals surface area contributed by atoms with Gasteiger partial charge in [-0.05, 0) is 50.8 Å². The Kier molecular flexibility index (Phi) is 3.52. The number of carbonyl (C=O) groups is 1. The van der Waals surface area contributed by atoms with Crippen LogP contribution in [0.4, 0.5) is 5.69 Å². The Labute approximate surface area is 119 Å². The van der Waals surface area contributed by atoms with Gasteiger partial charge in [-0.1, -0.05) is 24.6 Å². The molecule has 0 saturated carbocycles. The molecule has 1 N–H and O–H groups in total. The third-order valence-corrected chi connectivity index (χ3v) is 4.22. The fourth-order valence-corrected chi connectivity index (χ4v) is 3.44. The smallest absolute Gasteiger partial charge is 0.326 e. The second-order valence-electron chi connectivity index (χ2n) is 6.00. The summed E-state index contributed by atoms with van der Waals surface area (Å²) in [5.74, 6) is -0.409. The number of anilines is 1. The van der Waals surface area contributed by atoms with Gasteiger partial charge < -0.3 is 10.0 Å². The highest BCUT2D eigenvalue weighted by Crippen LogP contribution is 2.45. The summed E-state index contributed by atoms with van der Waals surface area (Å²) in [6, 6.07) is 5.20. The summed E-state index contributed by atoms with van der Waals surface area (Å²) in [6.07, 6.45) is 0.930. The van der Waals surface area contributed by atoms with E-state index < -0.39 is 12.0 Å². The number of halogens is 1. The molecule has 0 spiro atoms. The van der Waals surface area contributed by atoms with Crippen molar-refractivity contribution in [3.05, 3.63) is 28.8 Å². The minimum Gasteiger partial charge on any atom is -0.480 e. The molecule has 1 aromatic rings. The summed E-state index contributed by atoms with van der Waals surface area (Å²) in [7, 11) is 0. The standard InChI is InChI=1S/C15H20ClNO2/c1-9-8-15(3,4)17(10(2)14(18)19)13-7-11(16)5-6-12(9)13/h5-7,9-10H,8H2,1-4H3,(H,18,19)/t9-,10-/m0/s1. The van der Waals surface area contributed by atoms with Crippen molar-refractivity contribution in [2.24, 2.45) is 0 Å². The molecular formula is C15H20ClNO2. The number of carboxylic acids is 1. The number of fused-ring (bicyclic) bond motifs is 1. The molecule has 1 aliphatic rings. The van der Waals surface area contributed by atoms with E-state index in [1.807, 2.05) is 23.1 Å². The Hall–Kier alpha value is -1.22. The maximum atomic E-state index is 11.4. The van der Waals surface area contributed by atoms with Crippen molar-refractivity contribution in [2.45, 2.75) is 51.6 Å². The molecular weight excluding hydrogens is 262 g/mol. The van der Waals surface area contributed by atoms with Gasteiger partial charge in [0.15, 0.2) is 0 Å². The molecule has 0 amide bonds. The maximum absolute atomic E-state index is 11.4. The summed E-state index contributed by atoms with van der Waals surface area (Å²) < 4.78 is 0. The van der Waals surface area contributed by atoms with Crippen LogP contribution in [0, 0.1) is 0 Å². The fourth-order valence-electron chi connectivity index (χ4n) is 3.27. The average Bonchev–Trinajstić information content (AvgIpc) is 2.26. The van der Waals surface area contributed by atoms with Crippen LogP contribution in [-0.4, -0.2) is 22.7 Å². The number of hydrogen-bond donors (Lipinski definition) is 1. The molecule has 0 radical (unpaired) electrons. The van der Waals surface area contributed by atoms with Crippen LogP contribution in [0.25, 0.3) is 0 Å². The van der Waals surface area contributed by atoms with Gasteiger partial charge >= 0.3 is 5.97 Å². The predicted octanol–water partition coefficient (Wildman–Crippen LogP) is 3.91. The van der Waals surface area contributed by atoms with Gasteiger partial charge in [-0.2, -0.15) is 0 Å². The number of hydrogen-bond acceptors (Lipinski definition) is 2. The Morgan fingerprint density at radius 1 is 1.53 bits per heavy atom. The highest BCUT2D eigenvalue weighted by atomic mass is 35.5. The molecule has 1 heterocycles. The van der Waals surface area contributed by atoms with Crippen LogP contribution in [0.2, 0.25) is 5.02 Å². The van der Waals surface area contributed by atoms with E-state index in [4.69, 9.17) is 11.6 Å². The number of nitrogens with zero attached hydrogens (tertiary/aromatic N) is 1. The van der Waals surface area contributed by atoms with E-state index in [9.17, 15) is 9.90 Å². The van der Waals surface area contributed by atoms with Crippen LogP contribution < -0.4 is 4.90 Å². The summed E-state index contributed by atoms with van der Waals surface area (Å²) in [5, 5.41) is 10.00. The van der Waals surface area contributed by atoms with Crippen molar-refractivity contribution in [2.75, 3.05) is 4.90 Å². The molecule has 0 bridgehead atoms. The van der Waals surface area contributed by atoms with E-state index in [0.29, 0.717) is 10.9 Å². The molecule has 0 aromatic heterocycles. The van der Waals surface area contributed by atoms with Crippen molar-refractivity contribution in [3.8, 4) is 0 Å². The van der Waals surface area contributed by atoms with E-state index in [1.165, 1.54) is 5.56 Å². The van der Waals surface area contributed by atoms with E-state index >= 15 is 0 Å². The second kappa shape index (κ2) is 4.71. The largest absolute Gasteiger partial charge is 0.480 e. The summed E-state index contributed by atoms with van der Waals surface area (Å²) >= 11 is 6.09. The molecule has 0 fully saturated rings. The minimum absolute atomic E-state index is 0.199. The van der Waals surface area contributed by atoms with Crippen LogP contribution in [0.5, 0.6) is 0 Å². The zero-order chi connectivity index (χ0) is 14.4.